The molecule has 0 aliphatic rings. The van der Waals surface area contributed by atoms with E-state index < -0.39 is 17.4 Å². The quantitative estimate of drug-likeness (QED) is 0.658. The van der Waals surface area contributed by atoms with Crippen molar-refractivity contribution >= 4 is 17.8 Å². The van der Waals surface area contributed by atoms with Crippen LogP contribution in [0.15, 0.2) is 0 Å². The fraction of sp³-hybridized carbons (Fsp3) is 0.800. The second-order valence-electron chi connectivity index (χ2n) is 5.67. The van der Waals surface area contributed by atoms with E-state index in [4.69, 9.17) is 4.74 Å². The summed E-state index contributed by atoms with van der Waals surface area (Å²) in [6.07, 6.45) is 0.565. The Hall–Kier alpha value is -1.59. The Bertz CT molecular complexity index is 380. The molecule has 0 rings (SSSR count). The fourth-order valence-corrected chi connectivity index (χ4v) is 1.88. The number of esters is 1. The lowest BCUT2D eigenvalue weighted by Crippen LogP contribution is -2.43. The van der Waals surface area contributed by atoms with Gasteiger partial charge in [0.2, 0.25) is 5.91 Å². The van der Waals surface area contributed by atoms with E-state index in [0.29, 0.717) is 13.0 Å². The highest BCUT2D eigenvalue weighted by molar-refractivity contribution is 5.87. The van der Waals surface area contributed by atoms with Crippen LogP contribution < -0.4 is 0 Å². The summed E-state index contributed by atoms with van der Waals surface area (Å²) in [4.78, 5) is 36.7. The molecule has 1 N–H and O–H groups in total. The summed E-state index contributed by atoms with van der Waals surface area (Å²) in [5.74, 6) is -1.99. The molecule has 6 heteroatoms. The van der Waals surface area contributed by atoms with Gasteiger partial charge in [-0.25, -0.2) is 0 Å². The summed E-state index contributed by atoms with van der Waals surface area (Å²) in [5.41, 5.74) is -1.14. The van der Waals surface area contributed by atoms with Crippen molar-refractivity contribution in [2.75, 3.05) is 19.7 Å². The van der Waals surface area contributed by atoms with E-state index in [2.05, 4.69) is 0 Å². The first kappa shape index (κ1) is 19.4. The molecule has 0 saturated carbocycles. The zero-order valence-corrected chi connectivity index (χ0v) is 13.6. The number of ether oxygens (including phenoxy) is 1. The standard InChI is InChI=1S/C15H27NO5/c1-6-8-16(10-13(18)21-7-2)12(17)9-15(5,11(3)4)14(19)20/h11H,6-10H2,1-5H3,(H,19,20). The van der Waals surface area contributed by atoms with Gasteiger partial charge in [0.05, 0.1) is 12.0 Å². The monoisotopic (exact) mass is 301 g/mol. The maximum Gasteiger partial charge on any atom is 0.325 e. The van der Waals surface area contributed by atoms with E-state index in [9.17, 15) is 19.5 Å². The van der Waals surface area contributed by atoms with Crippen LogP contribution in [0, 0.1) is 11.3 Å². The SMILES string of the molecule is CCCN(CC(=O)OCC)C(=O)CC(C)(C(=O)O)C(C)C. The minimum Gasteiger partial charge on any atom is -0.481 e. The Morgan fingerprint density at radius 1 is 1.24 bits per heavy atom. The highest BCUT2D eigenvalue weighted by Gasteiger charge is 2.40. The minimum atomic E-state index is -1.14. The summed E-state index contributed by atoms with van der Waals surface area (Å²) in [7, 11) is 0. The molecule has 0 aliphatic carbocycles. The molecule has 0 aromatic heterocycles. The van der Waals surface area contributed by atoms with Crippen molar-refractivity contribution in [3.05, 3.63) is 0 Å². The average molecular weight is 301 g/mol. The number of rotatable bonds is 9. The maximum absolute atomic E-state index is 12.4. The van der Waals surface area contributed by atoms with Crippen LogP contribution >= 0.6 is 0 Å². The Morgan fingerprint density at radius 3 is 2.19 bits per heavy atom. The summed E-state index contributed by atoms with van der Waals surface area (Å²) in [6, 6.07) is 0. The van der Waals surface area contributed by atoms with Crippen molar-refractivity contribution in [2.24, 2.45) is 11.3 Å². The minimum absolute atomic E-state index is 0.126. The number of aliphatic carboxylic acids is 1. The van der Waals surface area contributed by atoms with Crippen LogP contribution in [0.3, 0.4) is 0 Å². The molecule has 122 valence electrons. The van der Waals surface area contributed by atoms with E-state index in [1.807, 2.05) is 6.92 Å². The maximum atomic E-state index is 12.4. The van der Waals surface area contributed by atoms with Gasteiger partial charge in [0.15, 0.2) is 0 Å². The molecule has 1 atom stereocenters. The zero-order chi connectivity index (χ0) is 16.6. The predicted octanol–water partition coefficient (Wildman–Crippen LogP) is 1.93. The van der Waals surface area contributed by atoms with Gasteiger partial charge in [-0.15, -0.1) is 0 Å². The van der Waals surface area contributed by atoms with Crippen LogP contribution in [0.25, 0.3) is 0 Å². The molecule has 0 saturated heterocycles. The van der Waals surface area contributed by atoms with Crippen LogP contribution in [0.1, 0.15) is 47.5 Å². The zero-order valence-electron chi connectivity index (χ0n) is 13.6. The number of carboxylic acid groups (broad SMARTS) is 1. The molecule has 1 amide bonds. The van der Waals surface area contributed by atoms with E-state index in [0.717, 1.165) is 0 Å². The van der Waals surface area contributed by atoms with Crippen molar-refractivity contribution in [3.63, 3.8) is 0 Å². The van der Waals surface area contributed by atoms with Crippen LogP contribution in [-0.2, 0) is 19.1 Å². The van der Waals surface area contributed by atoms with Gasteiger partial charge >= 0.3 is 11.9 Å². The molecular weight excluding hydrogens is 274 g/mol. The van der Waals surface area contributed by atoms with Gasteiger partial charge in [-0.2, -0.15) is 0 Å². The van der Waals surface area contributed by atoms with Gasteiger partial charge in [-0.3, -0.25) is 14.4 Å². The summed E-state index contributed by atoms with van der Waals surface area (Å²) < 4.78 is 4.84. The lowest BCUT2D eigenvalue weighted by molar-refractivity contribution is -0.157. The van der Waals surface area contributed by atoms with Gasteiger partial charge in [0.1, 0.15) is 6.54 Å². The van der Waals surface area contributed by atoms with Crippen molar-refractivity contribution < 1.29 is 24.2 Å². The largest absolute Gasteiger partial charge is 0.481 e. The molecule has 21 heavy (non-hydrogen) atoms. The molecule has 0 aliphatic heterocycles. The summed E-state index contributed by atoms with van der Waals surface area (Å²) in [5, 5.41) is 9.37. The van der Waals surface area contributed by atoms with Gasteiger partial charge in [0.25, 0.3) is 0 Å². The summed E-state index contributed by atoms with van der Waals surface area (Å²) >= 11 is 0. The van der Waals surface area contributed by atoms with Crippen molar-refractivity contribution in [1.29, 1.82) is 0 Å². The highest BCUT2D eigenvalue weighted by Crippen LogP contribution is 2.32. The van der Waals surface area contributed by atoms with E-state index in [1.165, 1.54) is 4.90 Å². The first-order valence-corrected chi connectivity index (χ1v) is 7.35. The van der Waals surface area contributed by atoms with Crippen LogP contribution in [-0.4, -0.2) is 47.5 Å². The number of hydrogen-bond donors (Lipinski definition) is 1. The van der Waals surface area contributed by atoms with Gasteiger partial charge < -0.3 is 14.7 Å². The Balaban J connectivity index is 4.96. The molecule has 0 aromatic carbocycles. The summed E-state index contributed by atoms with van der Waals surface area (Å²) in [6.45, 7) is 9.24. The number of nitrogens with zero attached hydrogens (tertiary/aromatic N) is 1. The third-order valence-electron chi connectivity index (χ3n) is 3.75. The molecule has 0 aromatic rings. The Kier molecular flexibility index (Phi) is 7.99. The predicted molar refractivity (Wildman–Crippen MR) is 78.7 cm³/mol. The van der Waals surface area contributed by atoms with E-state index >= 15 is 0 Å². The second-order valence-corrected chi connectivity index (χ2v) is 5.67. The van der Waals surface area contributed by atoms with Gasteiger partial charge in [-0.05, 0) is 26.2 Å². The van der Waals surface area contributed by atoms with Crippen LogP contribution in [0.4, 0.5) is 0 Å². The molecule has 6 nitrogen and oxygen atoms in total. The van der Waals surface area contributed by atoms with Gasteiger partial charge in [0, 0.05) is 13.0 Å². The molecule has 1 unspecified atom stereocenters. The molecular formula is C15H27NO5. The van der Waals surface area contributed by atoms with Gasteiger partial charge in [-0.1, -0.05) is 20.8 Å². The number of carbonyl (C=O) groups excluding carboxylic acids is 2. The number of amides is 1. The molecule has 0 spiro atoms. The van der Waals surface area contributed by atoms with Crippen molar-refractivity contribution in [3.8, 4) is 0 Å². The Labute approximate surface area is 126 Å². The molecule has 0 fully saturated rings. The second kappa shape index (κ2) is 8.64. The van der Waals surface area contributed by atoms with Crippen molar-refractivity contribution in [2.45, 2.75) is 47.5 Å². The van der Waals surface area contributed by atoms with Crippen LogP contribution in [0.5, 0.6) is 0 Å². The lowest BCUT2D eigenvalue weighted by atomic mass is 9.76. The molecule has 0 radical (unpaired) electrons. The highest BCUT2D eigenvalue weighted by atomic mass is 16.5. The third kappa shape index (κ3) is 5.73. The number of hydrogen-bond acceptors (Lipinski definition) is 4. The van der Waals surface area contributed by atoms with Crippen molar-refractivity contribution in [1.82, 2.24) is 4.90 Å². The first-order valence-electron chi connectivity index (χ1n) is 7.35. The third-order valence-corrected chi connectivity index (χ3v) is 3.75. The number of carboxylic acids is 1. The number of carbonyl (C=O) groups is 3. The fourth-order valence-electron chi connectivity index (χ4n) is 1.88. The Morgan fingerprint density at radius 2 is 1.81 bits per heavy atom. The lowest BCUT2D eigenvalue weighted by Gasteiger charge is -2.31. The van der Waals surface area contributed by atoms with E-state index in [1.54, 1.807) is 27.7 Å². The molecule has 0 bridgehead atoms. The van der Waals surface area contributed by atoms with E-state index in [-0.39, 0.29) is 31.4 Å². The molecule has 0 heterocycles. The van der Waals surface area contributed by atoms with Crippen LogP contribution in [0.2, 0.25) is 0 Å². The smallest absolute Gasteiger partial charge is 0.325 e. The topological polar surface area (TPSA) is 83.9 Å². The normalized spacial score (nSPS) is 13.6. The first-order chi connectivity index (χ1) is 9.68. The average Bonchev–Trinajstić information content (AvgIpc) is 2.37.